The van der Waals surface area contributed by atoms with Crippen molar-refractivity contribution >= 4 is 96.3 Å². The van der Waals surface area contributed by atoms with Gasteiger partial charge in [-0.1, -0.05) is 160 Å². The number of rotatable bonds is 5. The number of oxazole rings is 2. The molecule has 7 heterocycles. The molecule has 0 fully saturated rings. The maximum absolute atomic E-state index is 5.99. The zero-order valence-electron chi connectivity index (χ0n) is 61.6. The molecule has 8 aromatic carbocycles. The maximum atomic E-state index is 5.99. The Balaban J connectivity index is 0.000000162. The molecule has 0 aliphatic carbocycles. The van der Waals surface area contributed by atoms with Crippen LogP contribution in [-0.2, 0) is 32.0 Å². The normalized spacial score (nSPS) is 15.3. The lowest BCUT2D eigenvalue weighted by Crippen LogP contribution is -2.31. The van der Waals surface area contributed by atoms with E-state index >= 15 is 0 Å². The molecule has 0 saturated heterocycles. The number of nitrogens with zero attached hydrogens (tertiary/aromatic N) is 8. The highest BCUT2D eigenvalue weighted by Crippen LogP contribution is 2.47. The van der Waals surface area contributed by atoms with Crippen LogP contribution in [0.3, 0.4) is 0 Å². The summed E-state index contributed by atoms with van der Waals surface area (Å²) < 4.78 is 31.9. The Morgan fingerprint density at radius 1 is 0.439 bits per heavy atom. The Kier molecular flexibility index (Phi) is 23.8. The second-order valence-corrected chi connectivity index (χ2v) is 24.3. The van der Waals surface area contributed by atoms with Crippen molar-refractivity contribution in [3.63, 3.8) is 0 Å². The summed E-state index contributed by atoms with van der Waals surface area (Å²) in [6, 6.07) is 57.3. The van der Waals surface area contributed by atoms with Crippen molar-refractivity contribution in [2.24, 2.45) is 21.1 Å². The molecule has 4 N–H and O–H groups in total. The largest absolute Gasteiger partial charge is 0.439 e. The topological polar surface area (TPSA) is 134 Å². The van der Waals surface area contributed by atoms with Crippen LogP contribution in [0.1, 0.15) is 117 Å². The fraction of sp³-hybridized carbons (Fsp3) is 0.274. The van der Waals surface area contributed by atoms with Gasteiger partial charge in [-0.05, 0) is 117 Å². The standard InChI is InChI=1S/C25H29N2.C19H17N2O2.C17H15N2O2.C15H16N4.4C2H6/c1-24(2)18-12-7-9-14-20(18)26(5)22(24)16-11-17-23-25(3,4)19-13-8-10-15-21(19)27(23)6;1-20-14-8-3-5-10-16(14)22-18(20)12-7-13-19-21(2)15-9-4-6-11-17(15)23-19;1-18-12-7-3-5-9-14(12)20-16(18)11-17-19(2)13-8-4-6-10-15(13)21-17;1-8-4-12-14(6-10(8)16)19(3)15-7-11(17)9(2)5-13(15)18-12;4*1-2/h7-17H,1-6H3;3-13H,1-2H3;3-11H,1-2H3;4-7H,1-3H3,(H3,16,17);4*1-2H3/q3*+1;;;;;/p+1. The highest BCUT2D eigenvalue weighted by atomic mass is 16.5. The van der Waals surface area contributed by atoms with Crippen molar-refractivity contribution < 1.29 is 36.6 Å². The summed E-state index contributed by atoms with van der Waals surface area (Å²) in [6.45, 7) is 29.2. The van der Waals surface area contributed by atoms with E-state index in [0.29, 0.717) is 0 Å². The van der Waals surface area contributed by atoms with Crippen LogP contribution in [0.2, 0.25) is 0 Å². The van der Waals surface area contributed by atoms with Gasteiger partial charge in [0, 0.05) is 91.3 Å². The van der Waals surface area contributed by atoms with E-state index in [4.69, 9.17) is 34.8 Å². The first-order valence-electron chi connectivity index (χ1n) is 34.3. The molecule has 98 heavy (non-hydrogen) atoms. The molecule has 0 amide bonds. The first-order chi connectivity index (χ1) is 47.2. The van der Waals surface area contributed by atoms with E-state index in [0.717, 1.165) is 113 Å². The Hall–Kier alpha value is -10.7. The Bertz CT molecular complexity index is 4780. The van der Waals surface area contributed by atoms with Crippen molar-refractivity contribution in [1.82, 2.24) is 4.98 Å². The molecule has 15 rings (SSSR count). The van der Waals surface area contributed by atoms with Gasteiger partial charge in [0.05, 0.1) is 22.9 Å². The van der Waals surface area contributed by atoms with Gasteiger partial charge in [-0.25, -0.2) is 4.98 Å². The van der Waals surface area contributed by atoms with Gasteiger partial charge in [0.15, 0.2) is 23.1 Å². The molecule has 14 nitrogen and oxygen atoms in total. The fourth-order valence-electron chi connectivity index (χ4n) is 12.5. The van der Waals surface area contributed by atoms with Gasteiger partial charge in [0.2, 0.25) is 33.8 Å². The Labute approximate surface area is 581 Å². The van der Waals surface area contributed by atoms with Crippen LogP contribution in [0.5, 0.6) is 11.5 Å². The van der Waals surface area contributed by atoms with E-state index in [1.807, 2.05) is 269 Å². The van der Waals surface area contributed by atoms with E-state index in [-0.39, 0.29) is 10.8 Å². The van der Waals surface area contributed by atoms with Gasteiger partial charge in [0.25, 0.3) is 11.0 Å². The lowest BCUT2D eigenvalue weighted by atomic mass is 9.81. The summed E-state index contributed by atoms with van der Waals surface area (Å²) in [6.07, 6.45) is 14.5. The van der Waals surface area contributed by atoms with Gasteiger partial charge in [-0.15, -0.1) is 0 Å². The molecule has 3 aromatic heterocycles. The summed E-state index contributed by atoms with van der Waals surface area (Å²) in [5.74, 6) is 4.84. The summed E-state index contributed by atoms with van der Waals surface area (Å²) in [4.78, 5) is 11.1. The SMILES string of the molecule is CC.CC.CC.CC.CN1/C(=C/C=C/C2=[N+](C)c3ccccc3C2(C)C)C(C)(C)c2ccccc21.CN1/C(=C/C=C/c2oc3ccccc3[n+]2C)Oc2ccccc21.CN1/C(=C/c2oc3ccccc3[n+]2C)Oc2ccccc21.Cc1cc2nc3cc(C)c(N)cc3[n+](C)c2cc1N. The minimum absolute atomic E-state index is 0.0143. The van der Waals surface area contributed by atoms with E-state index in [9.17, 15) is 0 Å². The van der Waals surface area contributed by atoms with Crippen LogP contribution in [0.15, 0.2) is 227 Å². The molecule has 0 radical (unpaired) electrons. The van der Waals surface area contributed by atoms with Crippen LogP contribution in [0, 0.1) is 13.8 Å². The lowest BCUT2D eigenvalue weighted by Gasteiger charge is -2.23. The maximum Gasteiger partial charge on any atom is 0.379 e. The number of hydrogen-bond acceptors (Lipinski definition) is 10. The zero-order valence-corrected chi connectivity index (χ0v) is 61.6. The van der Waals surface area contributed by atoms with Gasteiger partial charge in [0.1, 0.15) is 45.3 Å². The number of likely N-dealkylation sites (N-methyl/N-ethyl adjacent to an activating group) is 1. The molecule has 0 bridgehead atoms. The third kappa shape index (κ3) is 14.7. The number of ether oxygens (including phenoxy) is 2. The highest BCUT2D eigenvalue weighted by molar-refractivity contribution is 6.03. The van der Waals surface area contributed by atoms with Gasteiger partial charge < -0.3 is 44.5 Å². The smallest absolute Gasteiger partial charge is 0.379 e. The van der Waals surface area contributed by atoms with E-state index in [1.165, 1.54) is 33.9 Å². The Morgan fingerprint density at radius 2 is 0.878 bits per heavy atom. The van der Waals surface area contributed by atoms with E-state index in [2.05, 4.69) is 123 Å². The number of nitrogen functional groups attached to an aromatic ring is 2. The number of para-hydroxylation sites is 10. The van der Waals surface area contributed by atoms with Crippen molar-refractivity contribution in [3.8, 4) is 11.5 Å². The number of nitrogens with two attached hydrogens (primary N) is 2. The summed E-state index contributed by atoms with van der Waals surface area (Å²) >= 11 is 0. The molecule has 0 saturated carbocycles. The molecule has 14 heteroatoms. The lowest BCUT2D eigenvalue weighted by molar-refractivity contribution is -0.652. The van der Waals surface area contributed by atoms with Crippen LogP contribution >= 0.6 is 0 Å². The van der Waals surface area contributed by atoms with Crippen molar-refractivity contribution in [1.29, 1.82) is 0 Å². The molecule has 0 atom stereocenters. The van der Waals surface area contributed by atoms with Gasteiger partial charge in [-0.3, -0.25) is 0 Å². The summed E-state index contributed by atoms with van der Waals surface area (Å²) in [5, 5.41) is 0. The van der Waals surface area contributed by atoms with E-state index in [1.54, 1.807) is 0 Å². The minimum Gasteiger partial charge on any atom is -0.439 e. The first-order valence-corrected chi connectivity index (χ1v) is 34.3. The second-order valence-electron chi connectivity index (χ2n) is 24.3. The molecule has 4 aliphatic heterocycles. The third-order valence-electron chi connectivity index (χ3n) is 17.9. The monoisotopic (exact) mass is 1310 g/mol. The molecule has 508 valence electrons. The number of benzene rings is 8. The average Bonchev–Trinajstić information content (AvgIpc) is 1.32. The van der Waals surface area contributed by atoms with Crippen molar-refractivity contribution in [2.75, 3.05) is 54.4 Å². The second kappa shape index (κ2) is 31.9. The van der Waals surface area contributed by atoms with E-state index < -0.39 is 0 Å². The Morgan fingerprint density at radius 3 is 1.40 bits per heavy atom. The quantitative estimate of drug-likeness (QED) is 0.0974. The fourth-order valence-corrected chi connectivity index (χ4v) is 12.5. The van der Waals surface area contributed by atoms with Crippen molar-refractivity contribution in [2.45, 2.75) is 108 Å². The van der Waals surface area contributed by atoms with Crippen molar-refractivity contribution in [3.05, 3.63) is 252 Å². The number of aryl methyl sites for hydroxylation is 5. The first kappa shape index (κ1) is 73.1. The molecule has 0 unspecified atom stereocenters. The molecular formula is C84H102N10O4+4. The number of anilines is 5. The number of aromatic nitrogens is 4. The zero-order chi connectivity index (χ0) is 71.3. The predicted octanol–water partition coefficient (Wildman–Crippen LogP) is 18.4. The van der Waals surface area contributed by atoms with Gasteiger partial charge in [-0.2, -0.15) is 18.3 Å². The highest BCUT2D eigenvalue weighted by Gasteiger charge is 2.43. The molecular weight excluding hydrogens is 1210 g/mol. The van der Waals surface area contributed by atoms with Crippen LogP contribution < -0.4 is 49.3 Å². The number of hydrogen-bond donors (Lipinski definition) is 2. The number of allylic oxidation sites excluding steroid dienone is 6. The number of fused-ring (bicyclic) bond motifs is 8. The third-order valence-corrected chi connectivity index (χ3v) is 17.9. The van der Waals surface area contributed by atoms with Gasteiger partial charge >= 0.3 is 11.8 Å². The van der Waals surface area contributed by atoms with Crippen LogP contribution in [-0.4, -0.2) is 43.5 Å². The molecule has 11 aromatic rings. The van der Waals surface area contributed by atoms with Crippen LogP contribution in [0.25, 0.3) is 56.4 Å². The summed E-state index contributed by atoms with van der Waals surface area (Å²) in [7, 11) is 14.3. The summed E-state index contributed by atoms with van der Waals surface area (Å²) in [5.41, 5.74) is 33.6. The minimum atomic E-state index is 0.0143. The predicted molar refractivity (Wildman–Crippen MR) is 410 cm³/mol. The average molecular weight is 1320 g/mol. The molecule has 0 spiro atoms. The molecule has 4 aliphatic rings. The van der Waals surface area contributed by atoms with Crippen LogP contribution in [0.4, 0.5) is 34.1 Å².